The zero-order valence-electron chi connectivity index (χ0n) is 10.7. The average Bonchev–Trinajstić information content (AvgIpc) is 2.91. The Bertz CT molecular complexity index is 675. The van der Waals surface area contributed by atoms with E-state index in [4.69, 9.17) is 4.42 Å². The zero-order chi connectivity index (χ0) is 15.5. The lowest BCUT2D eigenvalue weighted by atomic mass is 10.3. The first-order valence-electron chi connectivity index (χ1n) is 5.93. The van der Waals surface area contributed by atoms with Crippen LogP contribution in [0.25, 0.3) is 0 Å². The second-order valence-corrected chi connectivity index (χ2v) is 4.24. The van der Waals surface area contributed by atoms with Gasteiger partial charge in [-0.3, -0.25) is 9.59 Å². The number of carbonyl (C=O) groups is 1. The number of hydrogen-bond donors (Lipinski definition) is 1. The van der Waals surface area contributed by atoms with Crippen molar-refractivity contribution in [1.29, 1.82) is 0 Å². The molecule has 0 bridgehead atoms. The number of halogens is 3. The molecule has 112 valence electrons. The van der Waals surface area contributed by atoms with Gasteiger partial charge in [-0.25, -0.2) is 0 Å². The molecule has 0 fully saturated rings. The summed E-state index contributed by atoms with van der Waals surface area (Å²) in [6.07, 6.45) is -2.52. The Morgan fingerprint density at radius 2 is 2.05 bits per heavy atom. The van der Waals surface area contributed by atoms with E-state index in [1.807, 2.05) is 0 Å². The van der Waals surface area contributed by atoms with Crippen LogP contribution in [-0.2, 0) is 24.1 Å². The largest absolute Gasteiger partial charge is 0.467 e. The molecule has 1 N–H and O–H groups in total. The molecule has 0 atom stereocenters. The minimum absolute atomic E-state index is 0.0968. The van der Waals surface area contributed by atoms with Gasteiger partial charge in [-0.05, 0) is 18.2 Å². The van der Waals surface area contributed by atoms with Gasteiger partial charge in [0.1, 0.15) is 12.3 Å². The van der Waals surface area contributed by atoms with Crippen LogP contribution in [0.4, 0.5) is 13.2 Å². The number of pyridine rings is 1. The second-order valence-electron chi connectivity index (χ2n) is 4.24. The number of hydrogen-bond acceptors (Lipinski definition) is 3. The standard InChI is InChI=1S/C13H11F3N2O3/c14-13(15,16)9-3-4-12(20)18(7-9)8-11(19)17-6-10-2-1-5-21-10/h1-5,7H,6,8H2,(H,17,19). The Kier molecular flexibility index (Phi) is 4.15. The molecule has 21 heavy (non-hydrogen) atoms. The lowest BCUT2D eigenvalue weighted by Crippen LogP contribution is -2.32. The van der Waals surface area contributed by atoms with Crippen LogP contribution in [0.1, 0.15) is 11.3 Å². The summed E-state index contributed by atoms with van der Waals surface area (Å²) in [6, 6.07) is 4.73. The van der Waals surface area contributed by atoms with Gasteiger partial charge in [0.05, 0.1) is 18.4 Å². The van der Waals surface area contributed by atoms with Crippen molar-refractivity contribution in [2.24, 2.45) is 0 Å². The maximum Gasteiger partial charge on any atom is 0.417 e. The first-order valence-corrected chi connectivity index (χ1v) is 5.93. The third-order valence-electron chi connectivity index (χ3n) is 2.66. The van der Waals surface area contributed by atoms with Gasteiger partial charge in [-0.2, -0.15) is 13.2 Å². The molecule has 5 nitrogen and oxygen atoms in total. The Labute approximate surface area is 117 Å². The molecular formula is C13H11F3N2O3. The van der Waals surface area contributed by atoms with Crippen LogP contribution in [0.5, 0.6) is 0 Å². The van der Waals surface area contributed by atoms with E-state index in [-0.39, 0.29) is 6.54 Å². The highest BCUT2D eigenvalue weighted by atomic mass is 19.4. The highest BCUT2D eigenvalue weighted by Crippen LogP contribution is 2.27. The SMILES string of the molecule is O=C(Cn1cc(C(F)(F)F)ccc1=O)NCc1ccco1. The van der Waals surface area contributed by atoms with Crippen LogP contribution < -0.4 is 10.9 Å². The molecule has 2 aromatic rings. The van der Waals surface area contributed by atoms with Crippen molar-refractivity contribution >= 4 is 5.91 Å². The van der Waals surface area contributed by atoms with Crippen molar-refractivity contribution in [1.82, 2.24) is 9.88 Å². The lowest BCUT2D eigenvalue weighted by molar-refractivity contribution is -0.138. The summed E-state index contributed by atoms with van der Waals surface area (Å²) in [5, 5.41) is 2.45. The zero-order valence-corrected chi connectivity index (χ0v) is 10.7. The van der Waals surface area contributed by atoms with Crippen molar-refractivity contribution in [3.63, 3.8) is 0 Å². The second kappa shape index (κ2) is 5.86. The molecular weight excluding hydrogens is 289 g/mol. The molecule has 0 aliphatic carbocycles. The van der Waals surface area contributed by atoms with Gasteiger partial charge >= 0.3 is 6.18 Å². The van der Waals surface area contributed by atoms with E-state index in [1.54, 1.807) is 12.1 Å². The molecule has 0 aromatic carbocycles. The normalized spacial score (nSPS) is 11.4. The first kappa shape index (κ1) is 14.9. The smallest absolute Gasteiger partial charge is 0.417 e. The Hall–Kier alpha value is -2.51. The van der Waals surface area contributed by atoms with Crippen LogP contribution in [-0.4, -0.2) is 10.5 Å². The van der Waals surface area contributed by atoms with Crippen LogP contribution in [0.3, 0.4) is 0 Å². The quantitative estimate of drug-likeness (QED) is 0.936. The summed E-state index contributed by atoms with van der Waals surface area (Å²) >= 11 is 0. The van der Waals surface area contributed by atoms with Gasteiger partial charge in [-0.1, -0.05) is 0 Å². The number of nitrogens with zero attached hydrogens (tertiary/aromatic N) is 1. The van der Waals surface area contributed by atoms with Crippen LogP contribution >= 0.6 is 0 Å². The van der Waals surface area contributed by atoms with Crippen molar-refractivity contribution in [3.05, 3.63) is 58.4 Å². The fourth-order valence-corrected chi connectivity index (χ4v) is 1.63. The van der Waals surface area contributed by atoms with Gasteiger partial charge < -0.3 is 14.3 Å². The summed E-state index contributed by atoms with van der Waals surface area (Å²) in [5.41, 5.74) is -1.67. The van der Waals surface area contributed by atoms with Gasteiger partial charge in [0.15, 0.2) is 0 Å². The molecule has 1 amide bonds. The molecule has 0 radical (unpaired) electrons. The minimum atomic E-state index is -4.57. The summed E-state index contributed by atoms with van der Waals surface area (Å²) in [5.74, 6) is -0.0902. The Morgan fingerprint density at radius 1 is 1.29 bits per heavy atom. The van der Waals surface area contributed by atoms with E-state index in [9.17, 15) is 22.8 Å². The number of alkyl halides is 3. The molecule has 0 unspecified atom stereocenters. The maximum absolute atomic E-state index is 12.5. The van der Waals surface area contributed by atoms with Gasteiger partial charge in [0.2, 0.25) is 5.91 Å². The molecule has 0 saturated carbocycles. The number of furan rings is 1. The first-order chi connectivity index (χ1) is 9.86. The Balaban J connectivity index is 2.04. The third kappa shape index (κ3) is 3.98. The highest BCUT2D eigenvalue weighted by molar-refractivity contribution is 5.75. The van der Waals surface area contributed by atoms with E-state index in [0.717, 1.165) is 6.07 Å². The predicted molar refractivity (Wildman–Crippen MR) is 66.3 cm³/mol. The van der Waals surface area contributed by atoms with Crippen LogP contribution in [0.15, 0.2) is 45.9 Å². The number of aromatic nitrogens is 1. The van der Waals surface area contributed by atoms with E-state index < -0.39 is 29.8 Å². The molecule has 0 spiro atoms. The number of nitrogens with one attached hydrogen (secondary N) is 1. The fraction of sp³-hybridized carbons (Fsp3) is 0.231. The molecule has 0 aliphatic heterocycles. The van der Waals surface area contributed by atoms with E-state index in [2.05, 4.69) is 5.32 Å². The lowest BCUT2D eigenvalue weighted by Gasteiger charge is -2.10. The van der Waals surface area contributed by atoms with Crippen molar-refractivity contribution in [2.45, 2.75) is 19.3 Å². The molecule has 8 heteroatoms. The summed E-state index contributed by atoms with van der Waals surface area (Å²) < 4.78 is 43.3. The van der Waals surface area contributed by atoms with Crippen molar-refractivity contribution in [3.8, 4) is 0 Å². The Morgan fingerprint density at radius 3 is 2.67 bits per heavy atom. The van der Waals surface area contributed by atoms with Gasteiger partial charge in [-0.15, -0.1) is 0 Å². The highest BCUT2D eigenvalue weighted by Gasteiger charge is 2.31. The molecule has 2 rings (SSSR count). The summed E-state index contributed by atoms with van der Waals surface area (Å²) in [6.45, 7) is -0.400. The number of amides is 1. The third-order valence-corrected chi connectivity index (χ3v) is 2.66. The maximum atomic E-state index is 12.5. The summed E-state index contributed by atoms with van der Waals surface area (Å²) in [4.78, 5) is 23.1. The molecule has 0 aliphatic rings. The molecule has 2 heterocycles. The number of rotatable bonds is 4. The predicted octanol–water partition coefficient (Wildman–Crippen LogP) is 1.78. The summed E-state index contributed by atoms with van der Waals surface area (Å²) in [7, 11) is 0. The van der Waals surface area contributed by atoms with Crippen molar-refractivity contribution < 1.29 is 22.4 Å². The molecule has 2 aromatic heterocycles. The van der Waals surface area contributed by atoms with Crippen molar-refractivity contribution in [2.75, 3.05) is 0 Å². The van der Waals surface area contributed by atoms with Gasteiger partial charge in [0.25, 0.3) is 5.56 Å². The number of carbonyl (C=O) groups excluding carboxylic acids is 1. The monoisotopic (exact) mass is 300 g/mol. The molecule has 0 saturated heterocycles. The minimum Gasteiger partial charge on any atom is -0.467 e. The van der Waals surface area contributed by atoms with E-state index >= 15 is 0 Å². The van der Waals surface area contributed by atoms with Crippen LogP contribution in [0, 0.1) is 0 Å². The van der Waals surface area contributed by atoms with E-state index in [1.165, 1.54) is 6.26 Å². The van der Waals surface area contributed by atoms with E-state index in [0.29, 0.717) is 22.6 Å². The fourth-order valence-electron chi connectivity index (χ4n) is 1.63. The van der Waals surface area contributed by atoms with Gasteiger partial charge in [0, 0.05) is 12.3 Å². The average molecular weight is 300 g/mol. The topological polar surface area (TPSA) is 64.2 Å². The van der Waals surface area contributed by atoms with Crippen LogP contribution in [0.2, 0.25) is 0 Å².